The predicted molar refractivity (Wildman–Crippen MR) is 76.3 cm³/mol. The van der Waals surface area contributed by atoms with E-state index in [9.17, 15) is 4.79 Å². The molecule has 0 spiro atoms. The molecule has 1 aromatic carbocycles. The lowest BCUT2D eigenvalue weighted by molar-refractivity contribution is -0.126. The maximum atomic E-state index is 12.1. The smallest absolute Gasteiger partial charge is 0.224 e. The molecule has 2 unspecified atom stereocenters. The Kier molecular flexibility index (Phi) is 4.78. The van der Waals surface area contributed by atoms with Gasteiger partial charge in [0.25, 0.3) is 0 Å². The first kappa shape index (κ1) is 13.6. The molecule has 0 aliphatic carbocycles. The first-order valence-electron chi connectivity index (χ1n) is 6.44. The summed E-state index contributed by atoms with van der Waals surface area (Å²) in [6.07, 6.45) is 2.07. The van der Waals surface area contributed by atoms with Crippen LogP contribution in [0.25, 0.3) is 0 Å². The van der Waals surface area contributed by atoms with E-state index in [1.54, 1.807) is 0 Å². The number of hydrogen-bond donors (Lipinski definition) is 2. The molecule has 0 bridgehead atoms. The number of amides is 1. The molecule has 18 heavy (non-hydrogen) atoms. The number of nitrogens with one attached hydrogen (secondary N) is 2. The summed E-state index contributed by atoms with van der Waals surface area (Å²) in [4.78, 5) is 12.1. The average molecular weight is 311 g/mol. The van der Waals surface area contributed by atoms with Gasteiger partial charge in [-0.15, -0.1) is 0 Å². The first-order chi connectivity index (χ1) is 8.68. The van der Waals surface area contributed by atoms with Gasteiger partial charge in [-0.2, -0.15) is 0 Å². The van der Waals surface area contributed by atoms with Crippen LogP contribution in [0.2, 0.25) is 0 Å². The second-order valence-corrected chi connectivity index (χ2v) is 5.65. The molecule has 1 aromatic rings. The topological polar surface area (TPSA) is 41.1 Å². The molecular formula is C14H19BrN2O. The zero-order chi connectivity index (χ0) is 13.0. The first-order valence-corrected chi connectivity index (χ1v) is 7.23. The van der Waals surface area contributed by atoms with Crippen molar-refractivity contribution in [3.63, 3.8) is 0 Å². The van der Waals surface area contributed by atoms with Crippen molar-refractivity contribution in [1.82, 2.24) is 10.6 Å². The minimum atomic E-state index is 0.0370. The summed E-state index contributed by atoms with van der Waals surface area (Å²) in [5.41, 5.74) is 1.12. The van der Waals surface area contributed by atoms with Crippen LogP contribution in [-0.2, 0) is 4.79 Å². The van der Waals surface area contributed by atoms with E-state index in [-0.39, 0.29) is 17.9 Å². The Bertz CT molecular complexity index is 416. The molecule has 2 atom stereocenters. The largest absolute Gasteiger partial charge is 0.349 e. The lowest BCUT2D eigenvalue weighted by atomic mass is 9.98. The van der Waals surface area contributed by atoms with Crippen molar-refractivity contribution in [1.29, 1.82) is 0 Å². The molecule has 1 heterocycles. The van der Waals surface area contributed by atoms with Crippen molar-refractivity contribution in [2.75, 3.05) is 13.1 Å². The van der Waals surface area contributed by atoms with E-state index in [4.69, 9.17) is 0 Å². The van der Waals surface area contributed by atoms with Gasteiger partial charge in [-0.3, -0.25) is 4.79 Å². The second kappa shape index (κ2) is 6.34. The molecule has 1 aliphatic heterocycles. The monoisotopic (exact) mass is 310 g/mol. The van der Waals surface area contributed by atoms with Gasteiger partial charge in [0.2, 0.25) is 5.91 Å². The fraction of sp³-hybridized carbons (Fsp3) is 0.500. The van der Waals surface area contributed by atoms with Crippen molar-refractivity contribution >= 4 is 21.8 Å². The molecule has 0 radical (unpaired) electrons. The number of benzene rings is 1. The molecule has 2 rings (SSSR count). The Labute approximate surface area is 116 Å². The maximum absolute atomic E-state index is 12.1. The highest BCUT2D eigenvalue weighted by atomic mass is 79.9. The van der Waals surface area contributed by atoms with Gasteiger partial charge in [0.05, 0.1) is 12.0 Å². The molecule has 1 amide bonds. The summed E-state index contributed by atoms with van der Waals surface area (Å²) in [6.45, 7) is 3.85. The minimum Gasteiger partial charge on any atom is -0.349 e. The van der Waals surface area contributed by atoms with Crippen LogP contribution < -0.4 is 10.6 Å². The molecule has 98 valence electrons. The quantitative estimate of drug-likeness (QED) is 0.901. The van der Waals surface area contributed by atoms with E-state index in [0.717, 1.165) is 36.0 Å². The van der Waals surface area contributed by atoms with Crippen LogP contribution >= 0.6 is 15.9 Å². The normalized spacial score (nSPS) is 21.3. The van der Waals surface area contributed by atoms with Crippen molar-refractivity contribution in [3.8, 4) is 0 Å². The third-order valence-electron chi connectivity index (χ3n) is 3.40. The summed E-state index contributed by atoms with van der Waals surface area (Å²) in [7, 11) is 0. The summed E-state index contributed by atoms with van der Waals surface area (Å²) in [5, 5.41) is 6.37. The van der Waals surface area contributed by atoms with E-state index >= 15 is 0 Å². The van der Waals surface area contributed by atoms with Crippen molar-refractivity contribution < 1.29 is 4.79 Å². The summed E-state index contributed by atoms with van der Waals surface area (Å²) < 4.78 is 1.04. The predicted octanol–water partition coefficient (Wildman–Crippen LogP) is 2.63. The van der Waals surface area contributed by atoms with E-state index < -0.39 is 0 Å². The number of carbonyl (C=O) groups excluding carboxylic acids is 1. The van der Waals surface area contributed by atoms with Crippen LogP contribution in [0.15, 0.2) is 28.7 Å². The number of rotatable bonds is 3. The fourth-order valence-corrected chi connectivity index (χ4v) is 2.94. The minimum absolute atomic E-state index is 0.0370. The molecule has 1 aliphatic rings. The number of carbonyl (C=O) groups is 1. The SMILES string of the molecule is CC(NC(=O)C1CCCNC1)c1ccccc1Br. The lowest BCUT2D eigenvalue weighted by Crippen LogP contribution is -2.41. The highest BCUT2D eigenvalue weighted by molar-refractivity contribution is 9.10. The van der Waals surface area contributed by atoms with Gasteiger partial charge >= 0.3 is 0 Å². The average Bonchev–Trinajstić information content (AvgIpc) is 2.40. The van der Waals surface area contributed by atoms with E-state index in [0.29, 0.717) is 0 Å². The second-order valence-electron chi connectivity index (χ2n) is 4.80. The van der Waals surface area contributed by atoms with Gasteiger partial charge in [0, 0.05) is 11.0 Å². The van der Waals surface area contributed by atoms with E-state index in [1.807, 2.05) is 31.2 Å². The number of halogens is 1. The van der Waals surface area contributed by atoms with Crippen LogP contribution in [0.4, 0.5) is 0 Å². The standard InChI is InChI=1S/C14H19BrN2O/c1-10(12-6-2-3-7-13(12)15)17-14(18)11-5-4-8-16-9-11/h2-3,6-7,10-11,16H,4-5,8-9H2,1H3,(H,17,18). The molecule has 0 saturated carbocycles. The molecule has 4 heteroatoms. The Morgan fingerprint density at radius 3 is 2.94 bits per heavy atom. The summed E-state index contributed by atoms with van der Waals surface area (Å²) in [6, 6.07) is 8.04. The van der Waals surface area contributed by atoms with Crippen molar-refractivity contribution in [2.45, 2.75) is 25.8 Å². The lowest BCUT2D eigenvalue weighted by Gasteiger charge is -2.24. The summed E-state index contributed by atoms with van der Waals surface area (Å²) >= 11 is 3.52. The van der Waals surface area contributed by atoms with Crippen LogP contribution in [0.1, 0.15) is 31.4 Å². The van der Waals surface area contributed by atoms with E-state index in [1.165, 1.54) is 0 Å². The molecule has 2 N–H and O–H groups in total. The third-order valence-corrected chi connectivity index (χ3v) is 4.12. The van der Waals surface area contributed by atoms with Gasteiger partial charge < -0.3 is 10.6 Å². The molecule has 1 saturated heterocycles. The highest BCUT2D eigenvalue weighted by Gasteiger charge is 2.22. The van der Waals surface area contributed by atoms with Gasteiger partial charge in [-0.1, -0.05) is 34.1 Å². The van der Waals surface area contributed by atoms with Gasteiger partial charge in [-0.25, -0.2) is 0 Å². The van der Waals surface area contributed by atoms with E-state index in [2.05, 4.69) is 26.6 Å². The third kappa shape index (κ3) is 3.33. The van der Waals surface area contributed by atoms with Crippen molar-refractivity contribution in [3.05, 3.63) is 34.3 Å². The zero-order valence-electron chi connectivity index (χ0n) is 10.6. The number of hydrogen-bond acceptors (Lipinski definition) is 2. The Balaban J connectivity index is 1.96. The molecule has 3 nitrogen and oxygen atoms in total. The molecule has 0 aromatic heterocycles. The highest BCUT2D eigenvalue weighted by Crippen LogP contribution is 2.23. The maximum Gasteiger partial charge on any atom is 0.224 e. The number of piperidine rings is 1. The van der Waals surface area contributed by atoms with Gasteiger partial charge in [0.15, 0.2) is 0 Å². The molecular weight excluding hydrogens is 292 g/mol. The van der Waals surface area contributed by atoms with Crippen LogP contribution in [0, 0.1) is 5.92 Å². The van der Waals surface area contributed by atoms with Crippen LogP contribution in [0.5, 0.6) is 0 Å². The summed E-state index contributed by atoms with van der Waals surface area (Å²) in [5.74, 6) is 0.272. The Morgan fingerprint density at radius 1 is 1.50 bits per heavy atom. The zero-order valence-corrected chi connectivity index (χ0v) is 12.2. The molecule has 1 fully saturated rings. The Morgan fingerprint density at radius 2 is 2.28 bits per heavy atom. The van der Waals surface area contributed by atoms with Gasteiger partial charge in [0.1, 0.15) is 0 Å². The van der Waals surface area contributed by atoms with Crippen LogP contribution in [-0.4, -0.2) is 19.0 Å². The Hall–Kier alpha value is -0.870. The van der Waals surface area contributed by atoms with Crippen molar-refractivity contribution in [2.24, 2.45) is 5.92 Å². The fourth-order valence-electron chi connectivity index (χ4n) is 2.31. The van der Waals surface area contributed by atoms with Crippen LogP contribution in [0.3, 0.4) is 0 Å². The van der Waals surface area contributed by atoms with Gasteiger partial charge in [-0.05, 0) is 37.9 Å².